The first-order valence-electron chi connectivity index (χ1n) is 6.53. The molecule has 4 rings (SSSR count). The summed E-state index contributed by atoms with van der Waals surface area (Å²) in [5.41, 5.74) is 0.954. The van der Waals surface area contributed by atoms with Crippen molar-refractivity contribution in [2.45, 2.75) is 0 Å². The van der Waals surface area contributed by atoms with Crippen LogP contribution in [-0.2, 0) is 0 Å². The molecule has 0 aliphatic rings. The van der Waals surface area contributed by atoms with Gasteiger partial charge in [-0.05, 0) is 29.7 Å². The molecule has 0 spiro atoms. The molecule has 2 N–H and O–H groups in total. The first-order chi connectivity index (χ1) is 10.3. The minimum Gasteiger partial charge on any atom is -0.360 e. The van der Waals surface area contributed by atoms with Gasteiger partial charge in [-0.15, -0.1) is 11.3 Å². The molecule has 0 aliphatic heterocycles. The predicted molar refractivity (Wildman–Crippen MR) is 85.9 cm³/mol. The summed E-state index contributed by atoms with van der Waals surface area (Å²) in [6, 6.07) is 13.7. The van der Waals surface area contributed by atoms with Gasteiger partial charge in [-0.3, -0.25) is 4.79 Å². The second-order valence-corrected chi connectivity index (χ2v) is 5.82. The van der Waals surface area contributed by atoms with Crippen molar-refractivity contribution in [3.05, 3.63) is 59.7 Å². The van der Waals surface area contributed by atoms with Crippen molar-refractivity contribution in [3.63, 3.8) is 0 Å². The maximum atomic E-state index is 12.3. The summed E-state index contributed by atoms with van der Waals surface area (Å²) in [6.07, 6.45) is 3.57. The van der Waals surface area contributed by atoms with E-state index < -0.39 is 0 Å². The van der Waals surface area contributed by atoms with E-state index in [2.05, 4.69) is 15.3 Å². The van der Waals surface area contributed by atoms with Crippen molar-refractivity contribution >= 4 is 44.1 Å². The second kappa shape index (κ2) is 4.71. The summed E-state index contributed by atoms with van der Waals surface area (Å²) in [7, 11) is 0. The number of benzene rings is 1. The standard InChI is InChI=1S/C16H11N3OS/c20-16(14-7-11-3-1-2-4-13(11)21-14)19-15-8-10-5-6-17-12(10)9-18-15/h1-9,17H,(H,18,19,20). The lowest BCUT2D eigenvalue weighted by atomic mass is 10.2. The minimum atomic E-state index is -0.126. The van der Waals surface area contributed by atoms with E-state index in [1.807, 2.05) is 48.7 Å². The monoisotopic (exact) mass is 293 g/mol. The highest BCUT2D eigenvalue weighted by Crippen LogP contribution is 2.26. The number of H-pyrrole nitrogens is 1. The Kier molecular flexibility index (Phi) is 2.72. The van der Waals surface area contributed by atoms with Gasteiger partial charge in [0.1, 0.15) is 5.82 Å². The van der Waals surface area contributed by atoms with Crippen LogP contribution in [0.3, 0.4) is 0 Å². The highest BCUT2D eigenvalue weighted by Gasteiger charge is 2.11. The van der Waals surface area contributed by atoms with Crippen LogP contribution in [0.15, 0.2) is 54.9 Å². The van der Waals surface area contributed by atoms with Crippen LogP contribution in [0, 0.1) is 0 Å². The highest BCUT2D eigenvalue weighted by molar-refractivity contribution is 7.20. The Labute approximate surface area is 124 Å². The number of pyridine rings is 1. The molecule has 4 aromatic rings. The second-order valence-electron chi connectivity index (χ2n) is 4.74. The molecule has 5 heteroatoms. The topological polar surface area (TPSA) is 57.8 Å². The lowest BCUT2D eigenvalue weighted by Gasteiger charge is -2.02. The first-order valence-corrected chi connectivity index (χ1v) is 7.34. The number of thiophene rings is 1. The Morgan fingerprint density at radius 1 is 1.14 bits per heavy atom. The van der Waals surface area contributed by atoms with Crippen LogP contribution in [0.4, 0.5) is 5.82 Å². The van der Waals surface area contributed by atoms with Crippen molar-refractivity contribution in [3.8, 4) is 0 Å². The van der Waals surface area contributed by atoms with Crippen molar-refractivity contribution in [1.29, 1.82) is 0 Å². The fourth-order valence-corrected chi connectivity index (χ4v) is 3.25. The third-order valence-electron chi connectivity index (χ3n) is 3.33. The molecule has 3 heterocycles. The fourth-order valence-electron chi connectivity index (χ4n) is 2.29. The van der Waals surface area contributed by atoms with E-state index in [0.717, 1.165) is 21.0 Å². The van der Waals surface area contributed by atoms with Gasteiger partial charge in [0.2, 0.25) is 0 Å². The summed E-state index contributed by atoms with van der Waals surface area (Å²) in [4.78, 5) is 20.3. The van der Waals surface area contributed by atoms with Gasteiger partial charge >= 0.3 is 0 Å². The number of anilines is 1. The number of carbonyl (C=O) groups is 1. The quantitative estimate of drug-likeness (QED) is 0.586. The average molecular weight is 293 g/mol. The average Bonchev–Trinajstić information content (AvgIpc) is 3.13. The van der Waals surface area contributed by atoms with Crippen LogP contribution in [-0.4, -0.2) is 15.9 Å². The third kappa shape index (κ3) is 2.17. The summed E-state index contributed by atoms with van der Waals surface area (Å²) in [5.74, 6) is 0.433. The zero-order valence-electron chi connectivity index (χ0n) is 11.0. The van der Waals surface area contributed by atoms with Crippen LogP contribution in [0.2, 0.25) is 0 Å². The molecule has 0 radical (unpaired) electrons. The number of amides is 1. The van der Waals surface area contributed by atoms with E-state index in [0.29, 0.717) is 10.7 Å². The number of nitrogens with one attached hydrogen (secondary N) is 2. The van der Waals surface area contributed by atoms with Crippen molar-refractivity contribution in [2.75, 3.05) is 5.32 Å². The van der Waals surface area contributed by atoms with Gasteiger partial charge in [-0.1, -0.05) is 18.2 Å². The van der Waals surface area contributed by atoms with Gasteiger partial charge in [0, 0.05) is 16.3 Å². The molecule has 3 aromatic heterocycles. The number of carbonyl (C=O) groups excluding carboxylic acids is 1. The number of rotatable bonds is 2. The molecule has 1 amide bonds. The van der Waals surface area contributed by atoms with E-state index >= 15 is 0 Å². The van der Waals surface area contributed by atoms with Crippen molar-refractivity contribution in [1.82, 2.24) is 9.97 Å². The molecule has 102 valence electrons. The first kappa shape index (κ1) is 12.1. The highest BCUT2D eigenvalue weighted by atomic mass is 32.1. The number of aromatic amines is 1. The zero-order chi connectivity index (χ0) is 14.2. The molecule has 0 aliphatic carbocycles. The number of aromatic nitrogens is 2. The molecular weight excluding hydrogens is 282 g/mol. The van der Waals surface area contributed by atoms with Crippen molar-refractivity contribution in [2.24, 2.45) is 0 Å². The van der Waals surface area contributed by atoms with Gasteiger partial charge in [-0.25, -0.2) is 4.98 Å². The lowest BCUT2D eigenvalue weighted by molar-refractivity contribution is 0.103. The van der Waals surface area contributed by atoms with E-state index in [1.165, 1.54) is 11.3 Å². The van der Waals surface area contributed by atoms with Crippen LogP contribution < -0.4 is 5.32 Å². The molecule has 4 nitrogen and oxygen atoms in total. The molecule has 0 bridgehead atoms. The van der Waals surface area contributed by atoms with Crippen molar-refractivity contribution < 1.29 is 4.79 Å². The Hall–Kier alpha value is -2.66. The van der Waals surface area contributed by atoms with Gasteiger partial charge in [0.05, 0.1) is 16.6 Å². The van der Waals surface area contributed by atoms with Gasteiger partial charge in [0.15, 0.2) is 0 Å². The summed E-state index contributed by atoms with van der Waals surface area (Å²) >= 11 is 1.48. The summed E-state index contributed by atoms with van der Waals surface area (Å²) < 4.78 is 1.11. The van der Waals surface area contributed by atoms with Crippen LogP contribution in [0.1, 0.15) is 9.67 Å². The predicted octanol–water partition coefficient (Wildman–Crippen LogP) is 4.03. The Morgan fingerprint density at radius 2 is 2.05 bits per heavy atom. The maximum absolute atomic E-state index is 12.3. The molecule has 0 saturated carbocycles. The molecule has 0 atom stereocenters. The summed E-state index contributed by atoms with van der Waals surface area (Å²) in [5, 5.41) is 4.96. The van der Waals surface area contributed by atoms with Crippen LogP contribution in [0.5, 0.6) is 0 Å². The number of nitrogens with zero attached hydrogens (tertiary/aromatic N) is 1. The molecule has 0 unspecified atom stereocenters. The van der Waals surface area contributed by atoms with E-state index in [-0.39, 0.29) is 5.91 Å². The van der Waals surface area contributed by atoms with E-state index in [4.69, 9.17) is 0 Å². The van der Waals surface area contributed by atoms with Gasteiger partial charge in [-0.2, -0.15) is 0 Å². The SMILES string of the molecule is O=C(Nc1cc2cc[nH]c2cn1)c1cc2ccccc2s1. The normalized spacial score (nSPS) is 11.0. The number of fused-ring (bicyclic) bond motifs is 2. The van der Waals surface area contributed by atoms with Crippen LogP contribution in [0.25, 0.3) is 21.0 Å². The lowest BCUT2D eigenvalue weighted by Crippen LogP contribution is -2.11. The van der Waals surface area contributed by atoms with E-state index in [9.17, 15) is 4.79 Å². The van der Waals surface area contributed by atoms with E-state index in [1.54, 1.807) is 6.20 Å². The van der Waals surface area contributed by atoms with Gasteiger partial charge < -0.3 is 10.3 Å². The summed E-state index contributed by atoms with van der Waals surface area (Å²) in [6.45, 7) is 0. The third-order valence-corrected chi connectivity index (χ3v) is 4.44. The number of hydrogen-bond donors (Lipinski definition) is 2. The molecule has 0 fully saturated rings. The Bertz CT molecular complexity index is 921. The Balaban J connectivity index is 1.64. The Morgan fingerprint density at radius 3 is 2.95 bits per heavy atom. The zero-order valence-corrected chi connectivity index (χ0v) is 11.8. The molecule has 21 heavy (non-hydrogen) atoms. The fraction of sp³-hybridized carbons (Fsp3) is 0. The van der Waals surface area contributed by atoms with Crippen LogP contribution >= 0.6 is 11.3 Å². The minimum absolute atomic E-state index is 0.126. The molecular formula is C16H11N3OS. The molecule has 0 saturated heterocycles. The largest absolute Gasteiger partial charge is 0.360 e. The molecule has 1 aromatic carbocycles. The van der Waals surface area contributed by atoms with Gasteiger partial charge in [0.25, 0.3) is 5.91 Å². The number of hydrogen-bond acceptors (Lipinski definition) is 3. The smallest absolute Gasteiger partial charge is 0.266 e. The maximum Gasteiger partial charge on any atom is 0.266 e.